The van der Waals surface area contributed by atoms with Crippen LogP contribution in [0.5, 0.6) is 0 Å². The van der Waals surface area contributed by atoms with Crippen molar-refractivity contribution >= 4 is 54.8 Å². The van der Waals surface area contributed by atoms with Crippen LogP contribution in [0.2, 0.25) is 5.02 Å². The molecule has 0 aliphatic heterocycles. The van der Waals surface area contributed by atoms with E-state index in [2.05, 4.69) is 55.4 Å². The number of benzene rings is 1. The second-order valence-electron chi connectivity index (χ2n) is 3.42. The highest BCUT2D eigenvalue weighted by Crippen LogP contribution is 2.34. The predicted octanol–water partition coefficient (Wildman–Crippen LogP) is 5.84. The van der Waals surface area contributed by atoms with Crippen molar-refractivity contribution in [2.24, 2.45) is 0 Å². The Morgan fingerprint density at radius 1 is 1.31 bits per heavy atom. The van der Waals surface area contributed by atoms with Gasteiger partial charge in [0.15, 0.2) is 0 Å². The summed E-state index contributed by atoms with van der Waals surface area (Å²) in [5.74, 6) is 0. The molecule has 1 aromatic heterocycles. The first-order valence-corrected chi connectivity index (χ1v) is 7.75. The summed E-state index contributed by atoms with van der Waals surface area (Å²) in [5.41, 5.74) is 1.13. The van der Waals surface area contributed by atoms with Crippen LogP contribution < -0.4 is 0 Å². The fraction of sp³-hybridized carbons (Fsp3) is 0.167. The maximum Gasteiger partial charge on any atom is 0.0458 e. The molecule has 16 heavy (non-hydrogen) atoms. The van der Waals surface area contributed by atoms with Gasteiger partial charge in [-0.05, 0) is 41.6 Å². The molecule has 0 amide bonds. The van der Waals surface area contributed by atoms with Gasteiger partial charge in [-0.1, -0.05) is 49.5 Å². The third-order valence-electron chi connectivity index (χ3n) is 2.26. The van der Waals surface area contributed by atoms with Gasteiger partial charge in [-0.3, -0.25) is 0 Å². The van der Waals surface area contributed by atoms with Gasteiger partial charge in [0, 0.05) is 19.2 Å². The maximum absolute atomic E-state index is 6.18. The molecule has 84 valence electrons. The van der Waals surface area contributed by atoms with Gasteiger partial charge in [-0.15, -0.1) is 11.3 Å². The van der Waals surface area contributed by atoms with E-state index >= 15 is 0 Å². The van der Waals surface area contributed by atoms with E-state index in [0.717, 1.165) is 21.5 Å². The van der Waals surface area contributed by atoms with E-state index in [1.165, 1.54) is 4.88 Å². The number of rotatable bonds is 3. The molecular formula is C12H9Br2ClS. The second kappa shape index (κ2) is 5.67. The quantitative estimate of drug-likeness (QED) is 0.587. The smallest absolute Gasteiger partial charge is 0.0458 e. The molecule has 2 aromatic rings. The molecule has 1 unspecified atom stereocenters. The van der Waals surface area contributed by atoms with Crippen molar-refractivity contribution in [1.29, 1.82) is 0 Å². The standard InChI is InChI=1S/C12H9Br2ClS/c13-8-3-4-12(15)10(6-8)11(14)7-9-2-1-5-16-9/h1-6,11H,7H2. The normalized spacial score (nSPS) is 12.7. The van der Waals surface area contributed by atoms with Gasteiger partial charge in [0.05, 0.1) is 0 Å². The van der Waals surface area contributed by atoms with Gasteiger partial charge in [0.2, 0.25) is 0 Å². The van der Waals surface area contributed by atoms with E-state index in [0.29, 0.717) is 0 Å². The highest BCUT2D eigenvalue weighted by atomic mass is 79.9. The maximum atomic E-state index is 6.18. The van der Waals surface area contributed by atoms with Gasteiger partial charge >= 0.3 is 0 Å². The monoisotopic (exact) mass is 378 g/mol. The molecule has 0 spiro atoms. The van der Waals surface area contributed by atoms with Gasteiger partial charge in [0.1, 0.15) is 0 Å². The Hall–Kier alpha value is 0.170. The zero-order valence-electron chi connectivity index (χ0n) is 8.29. The highest BCUT2D eigenvalue weighted by Gasteiger charge is 2.13. The number of hydrogen-bond donors (Lipinski definition) is 0. The SMILES string of the molecule is Clc1ccc(Br)cc1C(Br)Cc1cccs1. The minimum absolute atomic E-state index is 0.260. The molecule has 4 heteroatoms. The Kier molecular flexibility index (Phi) is 4.48. The van der Waals surface area contributed by atoms with Crippen LogP contribution in [0.15, 0.2) is 40.2 Å². The van der Waals surface area contributed by atoms with Crippen LogP contribution in [-0.4, -0.2) is 0 Å². The molecule has 2 rings (SSSR count). The number of thiophene rings is 1. The average molecular weight is 381 g/mol. The summed E-state index contributed by atoms with van der Waals surface area (Å²) < 4.78 is 1.06. The molecule has 0 fully saturated rings. The van der Waals surface area contributed by atoms with E-state index in [4.69, 9.17) is 11.6 Å². The van der Waals surface area contributed by atoms with Gasteiger partial charge in [0.25, 0.3) is 0 Å². The molecule has 0 aliphatic carbocycles. The van der Waals surface area contributed by atoms with Crippen LogP contribution in [0.3, 0.4) is 0 Å². The summed E-state index contributed by atoms with van der Waals surface area (Å²) >= 11 is 15.1. The Morgan fingerprint density at radius 3 is 2.81 bits per heavy atom. The summed E-state index contributed by atoms with van der Waals surface area (Å²) in [7, 11) is 0. The molecule has 0 bridgehead atoms. The molecule has 0 saturated heterocycles. The fourth-order valence-corrected chi connectivity index (χ4v) is 3.92. The van der Waals surface area contributed by atoms with Crippen molar-refractivity contribution in [3.05, 3.63) is 55.6 Å². The van der Waals surface area contributed by atoms with E-state index in [1.807, 2.05) is 12.1 Å². The zero-order valence-corrected chi connectivity index (χ0v) is 13.0. The minimum atomic E-state index is 0.260. The van der Waals surface area contributed by atoms with Gasteiger partial charge < -0.3 is 0 Å². The lowest BCUT2D eigenvalue weighted by Gasteiger charge is -2.11. The Morgan fingerprint density at radius 2 is 2.12 bits per heavy atom. The molecule has 0 aliphatic rings. The largest absolute Gasteiger partial charge is 0.149 e. The number of halogens is 3. The van der Waals surface area contributed by atoms with E-state index in [1.54, 1.807) is 11.3 Å². The Balaban J connectivity index is 2.20. The number of alkyl halides is 1. The summed E-state index contributed by atoms with van der Waals surface area (Å²) in [5, 5.41) is 2.90. The van der Waals surface area contributed by atoms with Crippen molar-refractivity contribution in [2.75, 3.05) is 0 Å². The number of hydrogen-bond acceptors (Lipinski definition) is 1. The highest BCUT2D eigenvalue weighted by molar-refractivity contribution is 9.10. The van der Waals surface area contributed by atoms with Gasteiger partial charge in [-0.2, -0.15) is 0 Å². The van der Waals surface area contributed by atoms with Crippen LogP contribution in [0, 0.1) is 0 Å². The van der Waals surface area contributed by atoms with Crippen molar-refractivity contribution in [3.63, 3.8) is 0 Å². The third kappa shape index (κ3) is 3.10. The van der Waals surface area contributed by atoms with Crippen LogP contribution in [0.25, 0.3) is 0 Å². The first kappa shape index (κ1) is 12.6. The minimum Gasteiger partial charge on any atom is -0.149 e. The zero-order chi connectivity index (χ0) is 11.5. The summed E-state index contributed by atoms with van der Waals surface area (Å²) in [6.07, 6.45) is 0.966. The third-order valence-corrected chi connectivity index (χ3v) is 4.81. The van der Waals surface area contributed by atoms with Crippen molar-refractivity contribution < 1.29 is 0 Å². The topological polar surface area (TPSA) is 0 Å². The lowest BCUT2D eigenvalue weighted by atomic mass is 10.1. The van der Waals surface area contributed by atoms with E-state index < -0.39 is 0 Å². The van der Waals surface area contributed by atoms with Crippen LogP contribution >= 0.6 is 54.8 Å². The molecule has 0 nitrogen and oxygen atoms in total. The molecule has 1 aromatic carbocycles. The van der Waals surface area contributed by atoms with Crippen LogP contribution in [0.1, 0.15) is 15.3 Å². The van der Waals surface area contributed by atoms with E-state index in [-0.39, 0.29) is 4.83 Å². The van der Waals surface area contributed by atoms with Crippen molar-refractivity contribution in [3.8, 4) is 0 Å². The first-order valence-electron chi connectivity index (χ1n) is 4.78. The fourth-order valence-electron chi connectivity index (χ4n) is 1.47. The van der Waals surface area contributed by atoms with Crippen molar-refractivity contribution in [1.82, 2.24) is 0 Å². The summed E-state index contributed by atoms with van der Waals surface area (Å²) in [6.45, 7) is 0. The summed E-state index contributed by atoms with van der Waals surface area (Å²) in [6, 6.07) is 10.2. The molecule has 0 saturated carbocycles. The average Bonchev–Trinajstić information content (AvgIpc) is 2.74. The molecule has 0 radical (unpaired) electrons. The summed E-state index contributed by atoms with van der Waals surface area (Å²) in [4.78, 5) is 1.62. The Bertz CT molecular complexity index is 468. The molecular weight excluding hydrogens is 371 g/mol. The molecule has 0 N–H and O–H groups in total. The first-order chi connectivity index (χ1) is 7.66. The second-order valence-corrected chi connectivity index (χ2v) is 6.88. The van der Waals surface area contributed by atoms with E-state index in [9.17, 15) is 0 Å². The Labute approximate surface area is 121 Å². The van der Waals surface area contributed by atoms with Crippen LogP contribution in [0.4, 0.5) is 0 Å². The van der Waals surface area contributed by atoms with Gasteiger partial charge in [-0.25, -0.2) is 0 Å². The molecule has 1 atom stereocenters. The predicted molar refractivity (Wildman–Crippen MR) is 78.8 cm³/mol. The lowest BCUT2D eigenvalue weighted by molar-refractivity contribution is 0.968. The van der Waals surface area contributed by atoms with Crippen molar-refractivity contribution in [2.45, 2.75) is 11.2 Å². The van der Waals surface area contributed by atoms with Crippen LogP contribution in [-0.2, 0) is 6.42 Å². The molecule has 1 heterocycles. The lowest BCUT2D eigenvalue weighted by Crippen LogP contribution is -1.94.